The first-order valence-corrected chi connectivity index (χ1v) is 10.6. The van der Waals surface area contributed by atoms with Crippen molar-refractivity contribution in [1.29, 1.82) is 0 Å². The molecule has 0 aliphatic heterocycles. The summed E-state index contributed by atoms with van der Waals surface area (Å²) in [5.74, 6) is 0.942. The van der Waals surface area contributed by atoms with Crippen LogP contribution in [-0.4, -0.2) is 33.5 Å². The maximum absolute atomic E-state index is 12.6. The minimum atomic E-state index is -0.0968. The van der Waals surface area contributed by atoms with Crippen LogP contribution in [0.5, 0.6) is 5.75 Å². The number of hydrogen-bond donors (Lipinski definition) is 1. The van der Waals surface area contributed by atoms with Gasteiger partial charge in [-0.25, -0.2) is 0 Å². The van der Waals surface area contributed by atoms with Crippen molar-refractivity contribution >= 4 is 28.4 Å². The van der Waals surface area contributed by atoms with Gasteiger partial charge in [0.25, 0.3) is 0 Å². The van der Waals surface area contributed by atoms with Crippen LogP contribution in [0.1, 0.15) is 18.5 Å². The molecule has 1 amide bonds. The van der Waals surface area contributed by atoms with E-state index in [1.165, 1.54) is 11.8 Å². The quantitative estimate of drug-likeness (QED) is 0.451. The standard InChI is InChI=1S/C23H22N4O2S/c1-16(20-12-5-8-17-7-3-4-11-21(17)20)25-22(28)14-30-23-26-24-15-27(23)18-9-6-10-19(13-18)29-2/h3-13,15-16H,14H2,1-2H3,(H,25,28). The highest BCUT2D eigenvalue weighted by molar-refractivity contribution is 7.99. The highest BCUT2D eigenvalue weighted by Crippen LogP contribution is 2.25. The number of carbonyl (C=O) groups is 1. The minimum absolute atomic E-state index is 0.0550. The Morgan fingerprint density at radius 2 is 1.93 bits per heavy atom. The second-order valence-electron chi connectivity index (χ2n) is 6.83. The normalized spacial score (nSPS) is 11.9. The molecule has 0 saturated carbocycles. The number of nitrogens with zero attached hydrogens (tertiary/aromatic N) is 3. The molecule has 1 aromatic heterocycles. The smallest absolute Gasteiger partial charge is 0.230 e. The van der Waals surface area contributed by atoms with Crippen LogP contribution in [0.4, 0.5) is 0 Å². The Hall–Kier alpha value is -3.32. The fourth-order valence-corrected chi connectivity index (χ4v) is 4.12. The van der Waals surface area contributed by atoms with E-state index in [9.17, 15) is 4.79 Å². The number of ether oxygens (including phenoxy) is 1. The monoisotopic (exact) mass is 418 g/mol. The van der Waals surface area contributed by atoms with Crippen molar-refractivity contribution in [2.45, 2.75) is 18.1 Å². The summed E-state index contributed by atoms with van der Waals surface area (Å²) in [4.78, 5) is 12.6. The average molecular weight is 419 g/mol. The van der Waals surface area contributed by atoms with Crippen molar-refractivity contribution in [2.24, 2.45) is 0 Å². The number of amides is 1. The van der Waals surface area contributed by atoms with Crippen LogP contribution in [0.25, 0.3) is 16.5 Å². The molecule has 0 aliphatic rings. The first kappa shape index (κ1) is 20.0. The van der Waals surface area contributed by atoms with E-state index in [4.69, 9.17) is 4.74 Å². The molecule has 3 aromatic carbocycles. The number of rotatable bonds is 7. The molecule has 0 bridgehead atoms. The third-order valence-electron chi connectivity index (χ3n) is 4.85. The molecule has 1 heterocycles. The van der Waals surface area contributed by atoms with E-state index in [0.29, 0.717) is 5.16 Å². The lowest BCUT2D eigenvalue weighted by molar-refractivity contribution is -0.119. The van der Waals surface area contributed by atoms with Crippen LogP contribution in [0, 0.1) is 0 Å². The summed E-state index contributed by atoms with van der Waals surface area (Å²) in [6, 6.07) is 21.9. The number of benzene rings is 3. The van der Waals surface area contributed by atoms with Crippen molar-refractivity contribution in [3.05, 3.63) is 78.6 Å². The summed E-state index contributed by atoms with van der Waals surface area (Å²) in [7, 11) is 1.63. The molecule has 0 fully saturated rings. The summed E-state index contributed by atoms with van der Waals surface area (Å²) in [5, 5.41) is 14.2. The van der Waals surface area contributed by atoms with E-state index in [0.717, 1.165) is 27.8 Å². The second kappa shape index (κ2) is 9.00. The van der Waals surface area contributed by atoms with Crippen molar-refractivity contribution in [1.82, 2.24) is 20.1 Å². The topological polar surface area (TPSA) is 69.0 Å². The van der Waals surface area contributed by atoms with E-state index in [2.05, 4.69) is 39.8 Å². The molecule has 152 valence electrons. The van der Waals surface area contributed by atoms with Crippen molar-refractivity contribution in [3.8, 4) is 11.4 Å². The van der Waals surface area contributed by atoms with Gasteiger partial charge in [0.05, 0.1) is 24.6 Å². The number of thioether (sulfide) groups is 1. The molecule has 1 atom stereocenters. The zero-order valence-electron chi connectivity index (χ0n) is 16.8. The number of fused-ring (bicyclic) bond motifs is 1. The molecule has 0 aliphatic carbocycles. The Balaban J connectivity index is 1.43. The fourth-order valence-electron chi connectivity index (χ4n) is 3.38. The molecule has 1 N–H and O–H groups in total. The number of nitrogens with one attached hydrogen (secondary N) is 1. The second-order valence-corrected chi connectivity index (χ2v) is 7.77. The van der Waals surface area contributed by atoms with Gasteiger partial charge in [0.2, 0.25) is 5.91 Å². The van der Waals surface area contributed by atoms with Gasteiger partial charge in [-0.15, -0.1) is 10.2 Å². The molecule has 6 nitrogen and oxygen atoms in total. The van der Waals surface area contributed by atoms with E-state index >= 15 is 0 Å². The van der Waals surface area contributed by atoms with E-state index in [-0.39, 0.29) is 17.7 Å². The number of hydrogen-bond acceptors (Lipinski definition) is 5. The van der Waals surface area contributed by atoms with Gasteiger partial charge in [0, 0.05) is 6.07 Å². The molecule has 7 heteroatoms. The number of methoxy groups -OCH3 is 1. The van der Waals surface area contributed by atoms with Crippen LogP contribution in [0.3, 0.4) is 0 Å². The Bertz CT molecular complexity index is 1170. The molecule has 0 radical (unpaired) electrons. The maximum Gasteiger partial charge on any atom is 0.230 e. The molecule has 4 aromatic rings. The van der Waals surface area contributed by atoms with Gasteiger partial charge in [0.1, 0.15) is 12.1 Å². The van der Waals surface area contributed by atoms with Crippen molar-refractivity contribution in [3.63, 3.8) is 0 Å². The molecule has 1 unspecified atom stereocenters. The van der Waals surface area contributed by atoms with E-state index in [1.54, 1.807) is 13.4 Å². The fraction of sp³-hybridized carbons (Fsp3) is 0.174. The molecule has 30 heavy (non-hydrogen) atoms. The van der Waals surface area contributed by atoms with Gasteiger partial charge in [-0.3, -0.25) is 9.36 Å². The molecular weight excluding hydrogens is 396 g/mol. The van der Waals surface area contributed by atoms with Gasteiger partial charge in [-0.05, 0) is 35.4 Å². The zero-order chi connectivity index (χ0) is 20.9. The molecule has 4 rings (SSSR count). The lowest BCUT2D eigenvalue weighted by Gasteiger charge is -2.16. The summed E-state index contributed by atoms with van der Waals surface area (Å²) >= 11 is 1.35. The third-order valence-corrected chi connectivity index (χ3v) is 5.79. The summed E-state index contributed by atoms with van der Waals surface area (Å²) in [5.41, 5.74) is 1.98. The summed E-state index contributed by atoms with van der Waals surface area (Å²) in [6.45, 7) is 2.00. The van der Waals surface area contributed by atoms with Crippen LogP contribution >= 0.6 is 11.8 Å². The van der Waals surface area contributed by atoms with Crippen LogP contribution in [-0.2, 0) is 4.79 Å². The van der Waals surface area contributed by atoms with Crippen LogP contribution in [0.2, 0.25) is 0 Å². The lowest BCUT2D eigenvalue weighted by Crippen LogP contribution is -2.28. The maximum atomic E-state index is 12.6. The predicted octanol–water partition coefficient (Wildman–Crippen LogP) is 4.40. The zero-order valence-corrected chi connectivity index (χ0v) is 17.6. The third kappa shape index (κ3) is 4.31. The van der Waals surface area contributed by atoms with Gasteiger partial charge >= 0.3 is 0 Å². The Morgan fingerprint density at radius 3 is 2.80 bits per heavy atom. The van der Waals surface area contributed by atoms with Gasteiger partial charge in [0.15, 0.2) is 5.16 Å². The van der Waals surface area contributed by atoms with Crippen LogP contribution < -0.4 is 10.1 Å². The summed E-state index contributed by atoms with van der Waals surface area (Å²) in [6.07, 6.45) is 1.63. The minimum Gasteiger partial charge on any atom is -0.497 e. The molecular formula is C23H22N4O2S. The highest BCUT2D eigenvalue weighted by atomic mass is 32.2. The van der Waals surface area contributed by atoms with Crippen LogP contribution in [0.15, 0.2) is 78.2 Å². The Kier molecular flexibility index (Phi) is 5.99. The first-order chi connectivity index (χ1) is 14.7. The van der Waals surface area contributed by atoms with Gasteiger partial charge in [-0.2, -0.15) is 0 Å². The van der Waals surface area contributed by atoms with Crippen molar-refractivity contribution < 1.29 is 9.53 Å². The Labute approximate surface area is 179 Å². The number of carbonyl (C=O) groups excluding carboxylic acids is 1. The van der Waals surface area contributed by atoms with Gasteiger partial charge < -0.3 is 10.1 Å². The predicted molar refractivity (Wildman–Crippen MR) is 119 cm³/mol. The molecule has 0 saturated heterocycles. The highest BCUT2D eigenvalue weighted by Gasteiger charge is 2.15. The largest absolute Gasteiger partial charge is 0.497 e. The first-order valence-electron chi connectivity index (χ1n) is 9.60. The summed E-state index contributed by atoms with van der Waals surface area (Å²) < 4.78 is 7.12. The number of aromatic nitrogens is 3. The van der Waals surface area contributed by atoms with Crippen molar-refractivity contribution in [2.75, 3.05) is 12.9 Å². The lowest BCUT2D eigenvalue weighted by atomic mass is 10.00. The SMILES string of the molecule is COc1cccc(-n2cnnc2SCC(=O)NC(C)c2cccc3ccccc23)c1. The van der Waals surface area contributed by atoms with E-state index < -0.39 is 0 Å². The average Bonchev–Trinajstić information content (AvgIpc) is 3.26. The van der Waals surface area contributed by atoms with Gasteiger partial charge in [-0.1, -0.05) is 60.3 Å². The van der Waals surface area contributed by atoms with E-state index in [1.807, 2.05) is 54.0 Å². The molecule has 0 spiro atoms. The Morgan fingerprint density at radius 1 is 1.13 bits per heavy atom.